The summed E-state index contributed by atoms with van der Waals surface area (Å²) in [5.74, 6) is 0.312. The first-order valence-electron chi connectivity index (χ1n) is 10.2. The van der Waals surface area contributed by atoms with Gasteiger partial charge in [0.25, 0.3) is 5.91 Å². The monoisotopic (exact) mass is 396 g/mol. The maximum absolute atomic E-state index is 13.0. The minimum Gasteiger partial charge on any atom is -0.483 e. The Morgan fingerprint density at radius 3 is 2.41 bits per heavy atom. The molecule has 0 aromatic heterocycles. The summed E-state index contributed by atoms with van der Waals surface area (Å²) < 4.78 is 5.81. The zero-order valence-electron chi connectivity index (χ0n) is 18.1. The lowest BCUT2D eigenvalue weighted by Crippen LogP contribution is -2.50. The Bertz CT molecular complexity index is 820. The second kappa shape index (κ2) is 10.6. The Morgan fingerprint density at radius 1 is 1.07 bits per heavy atom. The number of nitrogens with one attached hydrogen (secondary N) is 1. The SMILES string of the molecule is CC[C@H](C)NC(=O)[C@@H](C)N(Cc1ccccc1)C(=O)COc1cc(C)ccc1C. The molecule has 2 aromatic carbocycles. The fourth-order valence-corrected chi connectivity index (χ4v) is 2.91. The van der Waals surface area contributed by atoms with E-state index < -0.39 is 6.04 Å². The predicted octanol–water partition coefficient (Wildman–Crippen LogP) is 4.01. The van der Waals surface area contributed by atoms with Crippen LogP contribution in [-0.4, -0.2) is 35.4 Å². The molecular formula is C24H32N2O3. The van der Waals surface area contributed by atoms with Crippen molar-refractivity contribution in [2.24, 2.45) is 0 Å². The van der Waals surface area contributed by atoms with E-state index in [0.29, 0.717) is 12.3 Å². The van der Waals surface area contributed by atoms with E-state index in [1.807, 2.05) is 76.2 Å². The third-order valence-corrected chi connectivity index (χ3v) is 5.06. The number of hydrogen-bond acceptors (Lipinski definition) is 3. The van der Waals surface area contributed by atoms with Crippen molar-refractivity contribution >= 4 is 11.8 Å². The van der Waals surface area contributed by atoms with Gasteiger partial charge in [-0.15, -0.1) is 0 Å². The van der Waals surface area contributed by atoms with Crippen LogP contribution in [0.15, 0.2) is 48.5 Å². The molecule has 0 bridgehead atoms. The summed E-state index contributed by atoms with van der Waals surface area (Å²) in [6.45, 7) is 9.90. The maximum Gasteiger partial charge on any atom is 0.261 e. The summed E-state index contributed by atoms with van der Waals surface area (Å²) in [6.07, 6.45) is 0.834. The van der Waals surface area contributed by atoms with E-state index in [9.17, 15) is 9.59 Å². The molecule has 0 saturated carbocycles. The van der Waals surface area contributed by atoms with Gasteiger partial charge in [-0.05, 0) is 56.9 Å². The smallest absolute Gasteiger partial charge is 0.261 e. The molecular weight excluding hydrogens is 364 g/mol. The van der Waals surface area contributed by atoms with Crippen molar-refractivity contribution in [3.63, 3.8) is 0 Å². The zero-order chi connectivity index (χ0) is 21.4. The van der Waals surface area contributed by atoms with Crippen molar-refractivity contribution in [2.75, 3.05) is 6.61 Å². The van der Waals surface area contributed by atoms with Crippen LogP contribution >= 0.6 is 0 Å². The lowest BCUT2D eigenvalue weighted by atomic mass is 10.1. The molecule has 29 heavy (non-hydrogen) atoms. The summed E-state index contributed by atoms with van der Waals surface area (Å²) in [7, 11) is 0. The van der Waals surface area contributed by atoms with Crippen molar-refractivity contribution in [2.45, 2.75) is 59.7 Å². The highest BCUT2D eigenvalue weighted by Gasteiger charge is 2.27. The van der Waals surface area contributed by atoms with E-state index in [0.717, 1.165) is 23.1 Å². The molecule has 0 spiro atoms. The normalized spacial score (nSPS) is 12.7. The van der Waals surface area contributed by atoms with Gasteiger partial charge in [-0.25, -0.2) is 0 Å². The van der Waals surface area contributed by atoms with Gasteiger partial charge in [-0.2, -0.15) is 0 Å². The highest BCUT2D eigenvalue weighted by molar-refractivity contribution is 5.88. The van der Waals surface area contributed by atoms with E-state index in [1.165, 1.54) is 0 Å². The molecule has 0 aliphatic rings. The number of aryl methyl sites for hydroxylation is 2. The fraction of sp³-hybridized carbons (Fsp3) is 0.417. The fourth-order valence-electron chi connectivity index (χ4n) is 2.91. The first kappa shape index (κ1) is 22.5. The molecule has 2 aromatic rings. The largest absolute Gasteiger partial charge is 0.483 e. The van der Waals surface area contributed by atoms with Crippen LogP contribution in [0.2, 0.25) is 0 Å². The number of carbonyl (C=O) groups excluding carboxylic acids is 2. The number of carbonyl (C=O) groups is 2. The van der Waals surface area contributed by atoms with Gasteiger partial charge in [-0.1, -0.05) is 49.4 Å². The third-order valence-electron chi connectivity index (χ3n) is 5.06. The Labute approximate surface area is 174 Å². The molecule has 5 heteroatoms. The summed E-state index contributed by atoms with van der Waals surface area (Å²) in [4.78, 5) is 27.3. The van der Waals surface area contributed by atoms with Crippen LogP contribution in [0.4, 0.5) is 0 Å². The summed E-state index contributed by atoms with van der Waals surface area (Å²) >= 11 is 0. The summed E-state index contributed by atoms with van der Waals surface area (Å²) in [5, 5.41) is 2.97. The van der Waals surface area contributed by atoms with Crippen molar-refractivity contribution in [1.82, 2.24) is 10.2 Å². The Balaban J connectivity index is 2.15. The molecule has 0 heterocycles. The number of rotatable bonds is 9. The molecule has 0 aliphatic heterocycles. The van der Waals surface area contributed by atoms with Crippen LogP contribution in [0.3, 0.4) is 0 Å². The zero-order valence-corrected chi connectivity index (χ0v) is 18.1. The van der Waals surface area contributed by atoms with Crippen LogP contribution in [-0.2, 0) is 16.1 Å². The molecule has 0 radical (unpaired) electrons. The lowest BCUT2D eigenvalue weighted by Gasteiger charge is -2.29. The minimum atomic E-state index is -0.598. The molecule has 0 unspecified atom stereocenters. The van der Waals surface area contributed by atoms with Crippen molar-refractivity contribution in [1.29, 1.82) is 0 Å². The molecule has 2 atom stereocenters. The molecule has 0 aliphatic carbocycles. The maximum atomic E-state index is 13.0. The number of ether oxygens (including phenoxy) is 1. The number of benzene rings is 2. The Kier molecular flexibility index (Phi) is 8.25. The van der Waals surface area contributed by atoms with Crippen molar-refractivity contribution < 1.29 is 14.3 Å². The van der Waals surface area contributed by atoms with E-state index in [4.69, 9.17) is 4.74 Å². The van der Waals surface area contributed by atoms with E-state index in [1.54, 1.807) is 11.8 Å². The van der Waals surface area contributed by atoms with Gasteiger partial charge in [0.15, 0.2) is 6.61 Å². The average molecular weight is 397 g/mol. The molecule has 2 amide bonds. The van der Waals surface area contributed by atoms with E-state index in [-0.39, 0.29) is 24.5 Å². The summed E-state index contributed by atoms with van der Waals surface area (Å²) in [5.41, 5.74) is 3.01. The number of nitrogens with zero attached hydrogens (tertiary/aromatic N) is 1. The number of hydrogen-bond donors (Lipinski definition) is 1. The molecule has 2 rings (SSSR count). The molecule has 0 fully saturated rings. The predicted molar refractivity (Wildman–Crippen MR) is 116 cm³/mol. The third kappa shape index (κ3) is 6.63. The van der Waals surface area contributed by atoms with Crippen molar-refractivity contribution in [3.8, 4) is 5.75 Å². The van der Waals surface area contributed by atoms with E-state index in [2.05, 4.69) is 5.32 Å². The topological polar surface area (TPSA) is 58.6 Å². The van der Waals surface area contributed by atoms with Gasteiger partial charge >= 0.3 is 0 Å². The Hall–Kier alpha value is -2.82. The standard InChI is InChI=1S/C24H32N2O3/c1-6-19(4)25-24(28)20(5)26(15-21-10-8-7-9-11-21)23(27)16-29-22-14-17(2)12-13-18(22)3/h7-14,19-20H,6,15-16H2,1-5H3,(H,25,28)/t19-,20+/m0/s1. The first-order valence-corrected chi connectivity index (χ1v) is 10.2. The number of amides is 2. The highest BCUT2D eigenvalue weighted by atomic mass is 16.5. The second-order valence-electron chi connectivity index (χ2n) is 7.56. The van der Waals surface area contributed by atoms with Gasteiger partial charge in [0.2, 0.25) is 5.91 Å². The van der Waals surface area contributed by atoms with Gasteiger partial charge in [0.05, 0.1) is 0 Å². The first-order chi connectivity index (χ1) is 13.8. The van der Waals surface area contributed by atoms with Crippen LogP contribution in [0.5, 0.6) is 5.75 Å². The van der Waals surface area contributed by atoms with Crippen LogP contribution in [0.1, 0.15) is 43.9 Å². The van der Waals surface area contributed by atoms with Crippen LogP contribution in [0, 0.1) is 13.8 Å². The average Bonchev–Trinajstić information content (AvgIpc) is 2.72. The van der Waals surface area contributed by atoms with Gasteiger partial charge in [0.1, 0.15) is 11.8 Å². The highest BCUT2D eigenvalue weighted by Crippen LogP contribution is 2.19. The van der Waals surface area contributed by atoms with Crippen molar-refractivity contribution in [3.05, 3.63) is 65.2 Å². The lowest BCUT2D eigenvalue weighted by molar-refractivity contribution is -0.142. The molecule has 156 valence electrons. The quantitative estimate of drug-likeness (QED) is 0.697. The molecule has 5 nitrogen and oxygen atoms in total. The Morgan fingerprint density at radius 2 is 1.76 bits per heavy atom. The van der Waals surface area contributed by atoms with Crippen LogP contribution < -0.4 is 10.1 Å². The minimum absolute atomic E-state index is 0.0600. The second-order valence-corrected chi connectivity index (χ2v) is 7.56. The van der Waals surface area contributed by atoms with Crippen LogP contribution in [0.25, 0.3) is 0 Å². The summed E-state index contributed by atoms with van der Waals surface area (Å²) in [6, 6.07) is 15.0. The van der Waals surface area contributed by atoms with Gasteiger partial charge < -0.3 is 15.0 Å². The molecule has 1 N–H and O–H groups in total. The van der Waals surface area contributed by atoms with E-state index >= 15 is 0 Å². The van der Waals surface area contributed by atoms with Gasteiger partial charge in [-0.3, -0.25) is 9.59 Å². The molecule has 0 saturated heterocycles. The van der Waals surface area contributed by atoms with Gasteiger partial charge in [0, 0.05) is 12.6 Å².